The number of quaternary nitrogens is 1. The molecule has 1 aromatic heterocycles. The van der Waals surface area contributed by atoms with Crippen molar-refractivity contribution in [3.05, 3.63) is 53.6 Å². The second-order valence-electron chi connectivity index (χ2n) is 7.81. The lowest BCUT2D eigenvalue weighted by Crippen LogP contribution is -2.59. The van der Waals surface area contributed by atoms with Gasteiger partial charge in [-0.05, 0) is 32.0 Å². The monoisotopic (exact) mass is 416 g/mol. The minimum absolute atomic E-state index is 0.0403. The van der Waals surface area contributed by atoms with Crippen LogP contribution in [0.3, 0.4) is 0 Å². The number of piperazine rings is 1. The Hall–Kier alpha value is -3.04. The Morgan fingerprint density at radius 1 is 1.20 bits per heavy atom. The molecule has 1 aliphatic rings. The van der Waals surface area contributed by atoms with Gasteiger partial charge in [-0.1, -0.05) is 12.1 Å². The first kappa shape index (κ1) is 21.7. The number of halogens is 1. The number of rotatable bonds is 4. The highest BCUT2D eigenvalue weighted by Crippen LogP contribution is 2.29. The van der Waals surface area contributed by atoms with Gasteiger partial charge in [-0.15, -0.1) is 0 Å². The second kappa shape index (κ2) is 8.76. The lowest BCUT2D eigenvalue weighted by atomic mass is 10.0. The molecule has 0 radical (unpaired) electrons. The van der Waals surface area contributed by atoms with Crippen LogP contribution >= 0.6 is 0 Å². The molecule has 2 aromatic rings. The number of aromatic nitrogens is 1. The molecule has 1 aromatic carbocycles. The van der Waals surface area contributed by atoms with Crippen molar-refractivity contribution < 1.29 is 23.6 Å². The number of amides is 3. The highest BCUT2D eigenvalue weighted by molar-refractivity contribution is 5.99. The molecule has 1 saturated heterocycles. The number of benzene rings is 1. The molecule has 1 atom stereocenters. The predicted octanol–water partition coefficient (Wildman–Crippen LogP) is 3.67. The van der Waals surface area contributed by atoms with Crippen molar-refractivity contribution in [2.45, 2.75) is 19.9 Å². The van der Waals surface area contributed by atoms with Crippen LogP contribution in [0.4, 0.5) is 25.4 Å². The fourth-order valence-electron chi connectivity index (χ4n) is 3.49. The number of carboxylic acid groups (broad SMARTS) is 1. The average molecular weight is 416 g/mol. The Balaban J connectivity index is 1.67. The van der Waals surface area contributed by atoms with E-state index in [0.29, 0.717) is 37.4 Å². The van der Waals surface area contributed by atoms with Crippen molar-refractivity contribution in [1.29, 1.82) is 0 Å². The topological polar surface area (TPSA) is 94.6 Å². The van der Waals surface area contributed by atoms with Gasteiger partial charge in [0.1, 0.15) is 13.1 Å². The van der Waals surface area contributed by atoms with Gasteiger partial charge < -0.3 is 15.7 Å². The molecular weight excluding hydrogens is 389 g/mol. The zero-order valence-corrected chi connectivity index (χ0v) is 17.4. The Labute approximate surface area is 174 Å². The minimum Gasteiger partial charge on any atom is -0.435 e. The van der Waals surface area contributed by atoms with E-state index in [1.165, 1.54) is 12.3 Å². The maximum Gasteiger partial charge on any atom is 0.513 e. The molecule has 0 saturated carbocycles. The van der Waals surface area contributed by atoms with Crippen LogP contribution in [0.5, 0.6) is 0 Å². The van der Waals surface area contributed by atoms with Crippen molar-refractivity contribution in [2.75, 3.05) is 43.9 Å². The lowest BCUT2D eigenvalue weighted by Gasteiger charge is -2.40. The molecule has 8 nitrogen and oxygen atoms in total. The predicted molar refractivity (Wildman–Crippen MR) is 112 cm³/mol. The van der Waals surface area contributed by atoms with Crippen LogP contribution in [-0.2, 0) is 0 Å². The first-order valence-electron chi connectivity index (χ1n) is 9.81. The molecular formula is C21H27FN5O3+. The first-order chi connectivity index (χ1) is 14.2. The number of likely N-dealkylation sites (N-methyl/N-ethyl adjacent to an activating group) is 1. The number of nitrogens with one attached hydrogen (secondary N) is 2. The quantitative estimate of drug-likeness (QED) is 0.661. The lowest BCUT2D eigenvalue weighted by molar-refractivity contribution is -0.842. The number of nitrogens with zero attached hydrogens (tertiary/aromatic N) is 3. The van der Waals surface area contributed by atoms with Gasteiger partial charge in [0.25, 0.3) is 0 Å². The highest BCUT2D eigenvalue weighted by atomic mass is 19.1. The maximum absolute atomic E-state index is 15.1. The van der Waals surface area contributed by atoms with E-state index in [1.807, 2.05) is 13.8 Å². The fourth-order valence-corrected chi connectivity index (χ4v) is 3.49. The molecule has 0 aliphatic carbocycles. The third kappa shape index (κ3) is 4.74. The van der Waals surface area contributed by atoms with E-state index in [0.717, 1.165) is 5.69 Å². The standard InChI is InChI=1S/C21H26FN5O3/c1-14-7-8-16(13-23-14)24-20(28)25-18-6-4-5-17(19(18)22)15(2)26-9-11-27(3,12-10-26)21(29)30/h4-8,13,15H,9-12H2,1-3H3,(H2-,24,25,28,29,30)/p+1/t15-/m0/s1. The molecule has 3 rings (SSSR count). The maximum atomic E-state index is 15.1. The number of hydrogen-bond donors (Lipinski definition) is 3. The van der Waals surface area contributed by atoms with Crippen molar-refractivity contribution in [3.8, 4) is 0 Å². The van der Waals surface area contributed by atoms with Gasteiger partial charge >= 0.3 is 12.1 Å². The van der Waals surface area contributed by atoms with Crippen LogP contribution in [0, 0.1) is 12.7 Å². The van der Waals surface area contributed by atoms with Gasteiger partial charge in [0.15, 0.2) is 5.82 Å². The molecule has 9 heteroatoms. The van der Waals surface area contributed by atoms with E-state index in [4.69, 9.17) is 0 Å². The second-order valence-corrected chi connectivity index (χ2v) is 7.81. The van der Waals surface area contributed by atoms with Gasteiger partial charge in [-0.2, -0.15) is 4.79 Å². The Kier molecular flexibility index (Phi) is 6.33. The zero-order valence-electron chi connectivity index (χ0n) is 17.4. The summed E-state index contributed by atoms with van der Waals surface area (Å²) in [6.45, 7) is 5.72. The number of anilines is 2. The van der Waals surface area contributed by atoms with Crippen LogP contribution in [0.25, 0.3) is 0 Å². The molecule has 30 heavy (non-hydrogen) atoms. The summed E-state index contributed by atoms with van der Waals surface area (Å²) in [5.41, 5.74) is 1.88. The summed E-state index contributed by atoms with van der Waals surface area (Å²) in [6, 6.07) is 7.57. The minimum atomic E-state index is -0.852. The summed E-state index contributed by atoms with van der Waals surface area (Å²) in [4.78, 5) is 29.8. The van der Waals surface area contributed by atoms with E-state index < -0.39 is 17.9 Å². The molecule has 3 N–H and O–H groups in total. The van der Waals surface area contributed by atoms with Crippen LogP contribution in [-0.4, -0.2) is 64.8 Å². The summed E-state index contributed by atoms with van der Waals surface area (Å²) in [7, 11) is 1.69. The molecule has 0 unspecified atom stereocenters. The van der Waals surface area contributed by atoms with Gasteiger partial charge in [-0.25, -0.2) is 13.7 Å². The Morgan fingerprint density at radius 3 is 2.50 bits per heavy atom. The fraction of sp³-hybridized carbons (Fsp3) is 0.381. The summed E-state index contributed by atoms with van der Waals surface area (Å²) in [6.07, 6.45) is 0.679. The van der Waals surface area contributed by atoms with E-state index in [2.05, 4.69) is 20.5 Å². The third-order valence-electron chi connectivity index (χ3n) is 5.67. The molecule has 0 spiro atoms. The van der Waals surface area contributed by atoms with Crippen LogP contribution in [0.2, 0.25) is 0 Å². The number of pyridine rings is 1. The van der Waals surface area contributed by atoms with E-state index in [1.54, 1.807) is 31.3 Å². The Morgan fingerprint density at radius 2 is 1.90 bits per heavy atom. The van der Waals surface area contributed by atoms with Crippen molar-refractivity contribution >= 4 is 23.5 Å². The van der Waals surface area contributed by atoms with Crippen molar-refractivity contribution in [3.63, 3.8) is 0 Å². The highest BCUT2D eigenvalue weighted by Gasteiger charge is 2.37. The number of aryl methyl sites for hydroxylation is 1. The summed E-state index contributed by atoms with van der Waals surface area (Å²) >= 11 is 0. The largest absolute Gasteiger partial charge is 0.513 e. The number of hydrogen-bond acceptors (Lipinski definition) is 4. The summed E-state index contributed by atoms with van der Waals surface area (Å²) < 4.78 is 15.1. The van der Waals surface area contributed by atoms with Crippen LogP contribution in [0.1, 0.15) is 24.2 Å². The first-order valence-corrected chi connectivity index (χ1v) is 9.81. The van der Waals surface area contributed by atoms with E-state index in [9.17, 15) is 14.7 Å². The van der Waals surface area contributed by atoms with Gasteiger partial charge in [0.05, 0.1) is 24.6 Å². The van der Waals surface area contributed by atoms with E-state index >= 15 is 4.39 Å². The molecule has 1 aliphatic heterocycles. The Bertz CT molecular complexity index is 927. The van der Waals surface area contributed by atoms with Gasteiger partial charge in [0, 0.05) is 30.4 Å². The van der Waals surface area contributed by atoms with Crippen LogP contribution < -0.4 is 10.6 Å². The SMILES string of the molecule is Cc1ccc(NC(=O)Nc2cccc([C@H](C)N3CC[N+](C)(C(=O)O)CC3)c2F)cn1. The summed E-state index contributed by atoms with van der Waals surface area (Å²) in [5, 5.41) is 14.5. The summed E-state index contributed by atoms with van der Waals surface area (Å²) in [5.74, 6) is -0.497. The number of urea groups is 1. The third-order valence-corrected chi connectivity index (χ3v) is 5.67. The number of carbonyl (C=O) groups excluding carboxylic acids is 1. The molecule has 0 bridgehead atoms. The van der Waals surface area contributed by atoms with Crippen molar-refractivity contribution in [1.82, 2.24) is 9.88 Å². The smallest absolute Gasteiger partial charge is 0.435 e. The molecule has 2 heterocycles. The van der Waals surface area contributed by atoms with Gasteiger partial charge in [-0.3, -0.25) is 9.88 Å². The molecule has 1 fully saturated rings. The van der Waals surface area contributed by atoms with Gasteiger partial charge in [0.2, 0.25) is 0 Å². The molecule has 3 amide bonds. The van der Waals surface area contributed by atoms with E-state index in [-0.39, 0.29) is 16.2 Å². The van der Waals surface area contributed by atoms with Crippen LogP contribution in [0.15, 0.2) is 36.5 Å². The number of carbonyl (C=O) groups is 2. The average Bonchev–Trinajstić information content (AvgIpc) is 2.71. The van der Waals surface area contributed by atoms with Crippen molar-refractivity contribution in [2.24, 2.45) is 0 Å². The zero-order chi connectivity index (χ0) is 21.9. The normalized spacial score (nSPS) is 17.2. The molecule has 160 valence electrons.